The maximum absolute atomic E-state index is 12.2. The predicted molar refractivity (Wildman–Crippen MR) is 118 cm³/mol. The number of nitriles is 1. The number of para-hydroxylation sites is 2. The van der Waals surface area contributed by atoms with Crippen molar-refractivity contribution in [1.29, 1.82) is 5.26 Å². The van der Waals surface area contributed by atoms with Crippen LogP contribution in [0.2, 0.25) is 0 Å². The van der Waals surface area contributed by atoms with Crippen molar-refractivity contribution in [1.82, 2.24) is 9.38 Å². The SMILES string of the molecule is CCOC(=O)C1CCN(c2c(CCCl)c(C)c(C#N)c3nc4ccccc4n23)CC1. The molecule has 1 aliphatic heterocycles. The van der Waals surface area contributed by atoms with Crippen molar-refractivity contribution in [2.45, 2.75) is 33.1 Å². The molecule has 3 aromatic rings. The van der Waals surface area contributed by atoms with Gasteiger partial charge in [0.2, 0.25) is 0 Å². The lowest BCUT2D eigenvalue weighted by Crippen LogP contribution is -2.38. The molecule has 4 rings (SSSR count). The summed E-state index contributed by atoms with van der Waals surface area (Å²) in [5.41, 5.74) is 5.12. The van der Waals surface area contributed by atoms with Gasteiger partial charge in [0.05, 0.1) is 29.1 Å². The Hall–Kier alpha value is -2.78. The fraction of sp³-hybridized carbons (Fsp3) is 0.435. The molecule has 0 unspecified atom stereocenters. The average Bonchev–Trinajstić information content (AvgIpc) is 3.14. The first kappa shape index (κ1) is 20.5. The minimum atomic E-state index is -0.104. The molecule has 0 N–H and O–H groups in total. The maximum atomic E-state index is 12.2. The minimum absolute atomic E-state index is 0.0628. The second-order valence-corrected chi connectivity index (χ2v) is 8.00. The van der Waals surface area contributed by atoms with Gasteiger partial charge >= 0.3 is 5.97 Å². The molecular weight excluding hydrogens is 400 g/mol. The van der Waals surface area contributed by atoms with Gasteiger partial charge in [0, 0.05) is 19.0 Å². The molecule has 7 heteroatoms. The third-order valence-electron chi connectivity index (χ3n) is 5.96. The number of carbonyl (C=O) groups is 1. The normalized spacial score (nSPS) is 14.9. The number of imidazole rings is 1. The average molecular weight is 425 g/mol. The number of alkyl halides is 1. The second-order valence-electron chi connectivity index (χ2n) is 7.63. The Morgan fingerprint density at radius 2 is 2.07 bits per heavy atom. The Labute approximate surface area is 181 Å². The van der Waals surface area contributed by atoms with Gasteiger partial charge in [0.1, 0.15) is 11.9 Å². The van der Waals surface area contributed by atoms with Crippen LogP contribution < -0.4 is 4.90 Å². The fourth-order valence-corrected chi connectivity index (χ4v) is 4.67. The van der Waals surface area contributed by atoms with Gasteiger partial charge in [-0.05, 0) is 56.4 Å². The highest BCUT2D eigenvalue weighted by atomic mass is 35.5. The van der Waals surface area contributed by atoms with Gasteiger partial charge in [-0.25, -0.2) is 4.98 Å². The Bertz CT molecular complexity index is 1140. The summed E-state index contributed by atoms with van der Waals surface area (Å²) in [6.07, 6.45) is 2.15. The van der Waals surface area contributed by atoms with Crippen molar-refractivity contribution < 1.29 is 9.53 Å². The van der Waals surface area contributed by atoms with Gasteiger partial charge in [-0.15, -0.1) is 11.6 Å². The van der Waals surface area contributed by atoms with E-state index in [0.717, 1.165) is 53.9 Å². The van der Waals surface area contributed by atoms with E-state index in [9.17, 15) is 10.1 Å². The monoisotopic (exact) mass is 424 g/mol. The summed E-state index contributed by atoms with van der Waals surface area (Å²) in [4.78, 5) is 19.3. The number of ether oxygens (including phenoxy) is 1. The van der Waals surface area contributed by atoms with Crippen molar-refractivity contribution in [3.05, 3.63) is 41.0 Å². The van der Waals surface area contributed by atoms with E-state index in [0.29, 0.717) is 30.1 Å². The molecule has 2 aromatic heterocycles. The predicted octanol–water partition coefficient (Wildman–Crippen LogP) is 4.23. The number of piperidine rings is 1. The highest BCUT2D eigenvalue weighted by Gasteiger charge is 2.30. The number of carbonyl (C=O) groups excluding carboxylic acids is 1. The summed E-state index contributed by atoms with van der Waals surface area (Å²) < 4.78 is 7.33. The highest BCUT2D eigenvalue weighted by Crippen LogP contribution is 2.35. The number of pyridine rings is 1. The Morgan fingerprint density at radius 1 is 1.33 bits per heavy atom. The number of benzene rings is 1. The molecule has 0 bridgehead atoms. The topological polar surface area (TPSA) is 70.6 Å². The fourth-order valence-electron chi connectivity index (χ4n) is 4.48. The molecular formula is C23H25ClN4O2. The molecule has 1 saturated heterocycles. The number of rotatable bonds is 5. The molecule has 0 spiro atoms. The molecule has 156 valence electrons. The number of halogens is 1. The van der Waals surface area contributed by atoms with E-state index in [1.807, 2.05) is 38.1 Å². The molecule has 0 saturated carbocycles. The van der Waals surface area contributed by atoms with E-state index in [-0.39, 0.29) is 11.9 Å². The lowest BCUT2D eigenvalue weighted by atomic mass is 9.95. The molecule has 0 aliphatic carbocycles. The van der Waals surface area contributed by atoms with Crippen LogP contribution >= 0.6 is 11.6 Å². The molecule has 1 fully saturated rings. The number of esters is 1. The van der Waals surface area contributed by atoms with E-state index in [1.165, 1.54) is 0 Å². The zero-order valence-electron chi connectivity index (χ0n) is 17.3. The van der Waals surface area contributed by atoms with E-state index < -0.39 is 0 Å². The van der Waals surface area contributed by atoms with E-state index in [1.54, 1.807) is 0 Å². The number of nitrogens with zero attached hydrogens (tertiary/aromatic N) is 4. The Kier molecular flexibility index (Phi) is 5.83. The van der Waals surface area contributed by atoms with Crippen LogP contribution in [-0.2, 0) is 16.0 Å². The molecule has 30 heavy (non-hydrogen) atoms. The summed E-state index contributed by atoms with van der Waals surface area (Å²) in [5, 5.41) is 9.88. The summed E-state index contributed by atoms with van der Waals surface area (Å²) in [6, 6.07) is 10.3. The van der Waals surface area contributed by atoms with Crippen molar-refractivity contribution in [2.75, 3.05) is 30.5 Å². The van der Waals surface area contributed by atoms with Crippen molar-refractivity contribution in [2.24, 2.45) is 5.92 Å². The van der Waals surface area contributed by atoms with Crippen LogP contribution in [0.1, 0.15) is 36.5 Å². The zero-order chi connectivity index (χ0) is 21.3. The number of aromatic nitrogens is 2. The third-order valence-corrected chi connectivity index (χ3v) is 6.15. The molecule has 3 heterocycles. The lowest BCUT2D eigenvalue weighted by molar-refractivity contribution is -0.148. The van der Waals surface area contributed by atoms with Crippen LogP contribution in [0.3, 0.4) is 0 Å². The lowest BCUT2D eigenvalue weighted by Gasteiger charge is -2.35. The molecule has 0 atom stereocenters. The summed E-state index contributed by atoms with van der Waals surface area (Å²) in [5.74, 6) is 1.34. The summed E-state index contributed by atoms with van der Waals surface area (Å²) in [7, 11) is 0. The zero-order valence-corrected chi connectivity index (χ0v) is 18.1. The van der Waals surface area contributed by atoms with Crippen LogP contribution in [0, 0.1) is 24.2 Å². The Balaban J connectivity index is 1.87. The first-order valence-electron chi connectivity index (χ1n) is 10.4. The van der Waals surface area contributed by atoms with Crippen molar-refractivity contribution in [3.8, 4) is 6.07 Å². The van der Waals surface area contributed by atoms with Gasteiger partial charge in [0.25, 0.3) is 0 Å². The summed E-state index contributed by atoms with van der Waals surface area (Å²) >= 11 is 6.17. The standard InChI is InChI=1S/C23H25ClN4O2/c1-3-30-23(29)16-9-12-27(13-10-16)22-17(8-11-24)15(2)18(14-25)21-26-19-6-4-5-7-20(19)28(21)22/h4-7,16H,3,8-13H2,1-2H3. The maximum Gasteiger partial charge on any atom is 0.309 e. The van der Waals surface area contributed by atoms with Crippen LogP contribution in [0.25, 0.3) is 16.7 Å². The first-order chi connectivity index (χ1) is 14.6. The molecule has 1 aliphatic rings. The largest absolute Gasteiger partial charge is 0.466 e. The van der Waals surface area contributed by atoms with E-state index in [4.69, 9.17) is 21.3 Å². The first-order valence-corrected chi connectivity index (χ1v) is 10.9. The van der Waals surface area contributed by atoms with Gasteiger partial charge in [-0.3, -0.25) is 9.20 Å². The van der Waals surface area contributed by atoms with Crippen LogP contribution in [-0.4, -0.2) is 40.9 Å². The van der Waals surface area contributed by atoms with Crippen LogP contribution in [0.5, 0.6) is 0 Å². The smallest absolute Gasteiger partial charge is 0.309 e. The molecule has 1 aromatic carbocycles. The number of hydrogen-bond donors (Lipinski definition) is 0. The van der Waals surface area contributed by atoms with Crippen LogP contribution in [0.15, 0.2) is 24.3 Å². The van der Waals surface area contributed by atoms with Gasteiger partial charge in [-0.2, -0.15) is 5.26 Å². The minimum Gasteiger partial charge on any atom is -0.466 e. The van der Waals surface area contributed by atoms with Crippen molar-refractivity contribution >= 4 is 40.1 Å². The molecule has 6 nitrogen and oxygen atoms in total. The number of fused-ring (bicyclic) bond motifs is 3. The highest BCUT2D eigenvalue weighted by molar-refractivity contribution is 6.18. The van der Waals surface area contributed by atoms with Gasteiger partial charge in [0.15, 0.2) is 5.65 Å². The van der Waals surface area contributed by atoms with Crippen molar-refractivity contribution in [3.63, 3.8) is 0 Å². The third kappa shape index (κ3) is 3.37. The molecule has 0 amide bonds. The number of anilines is 1. The van der Waals surface area contributed by atoms with E-state index in [2.05, 4.69) is 15.4 Å². The summed E-state index contributed by atoms with van der Waals surface area (Å²) in [6.45, 7) is 5.72. The Morgan fingerprint density at radius 3 is 2.73 bits per heavy atom. The molecule has 0 radical (unpaired) electrons. The van der Waals surface area contributed by atoms with Crippen LogP contribution in [0.4, 0.5) is 5.82 Å². The second kappa shape index (κ2) is 8.53. The quantitative estimate of drug-likeness (QED) is 0.452. The number of hydrogen-bond acceptors (Lipinski definition) is 5. The van der Waals surface area contributed by atoms with Gasteiger partial charge < -0.3 is 9.64 Å². The van der Waals surface area contributed by atoms with Gasteiger partial charge in [-0.1, -0.05) is 12.1 Å². The van der Waals surface area contributed by atoms with E-state index >= 15 is 0 Å².